The van der Waals surface area contributed by atoms with Crippen molar-refractivity contribution in [2.45, 2.75) is 0 Å². The highest BCUT2D eigenvalue weighted by molar-refractivity contribution is 7.61. The Morgan fingerprint density at radius 2 is 1.58 bits per heavy atom. The van der Waals surface area contributed by atoms with Gasteiger partial charge < -0.3 is 5.23 Å². The molecule has 0 atom stereocenters. The molecule has 0 saturated heterocycles. The van der Waals surface area contributed by atoms with Crippen molar-refractivity contribution in [3.8, 4) is 0 Å². The van der Waals surface area contributed by atoms with Crippen molar-refractivity contribution < 1.29 is 9.62 Å². The monoisotopic (exact) mass is 227 g/mol. The Hall–Kier alpha value is 0.0449. The maximum Gasteiger partial charge on any atom is 0.464 e. The molecule has 1 rings (SSSR count). The lowest BCUT2D eigenvalue weighted by molar-refractivity contribution is -0.418. The molecule has 12 heavy (non-hydrogen) atoms. The first-order valence-corrected chi connectivity index (χ1v) is 4.60. The summed E-state index contributed by atoms with van der Waals surface area (Å²) in [4.78, 5) is 0. The standard InChI is InChI=1S/C6H6BCl3FN/c8-7(9,10)12-6-3-1-5(11)2-4-6/h1-4H,12H2. The molecule has 0 amide bonds. The Kier molecular flexibility index (Phi) is 3.24. The Balaban J connectivity index is 2.71. The molecular formula is C6H6BCl3FN. The Labute approximate surface area is 84.5 Å². The number of hydrogen-bond acceptors (Lipinski definition) is 0. The first kappa shape index (κ1) is 10.1. The van der Waals surface area contributed by atoms with Gasteiger partial charge in [-0.1, -0.05) is 0 Å². The molecule has 0 heterocycles. The molecule has 0 spiro atoms. The van der Waals surface area contributed by atoms with E-state index >= 15 is 0 Å². The van der Waals surface area contributed by atoms with Crippen LogP contribution in [0.3, 0.4) is 0 Å². The largest absolute Gasteiger partial charge is 0.464 e. The van der Waals surface area contributed by atoms with Gasteiger partial charge in [-0.3, -0.25) is 34.4 Å². The van der Waals surface area contributed by atoms with Crippen LogP contribution >= 0.6 is 34.4 Å². The van der Waals surface area contributed by atoms with Gasteiger partial charge in [0.15, 0.2) is 0 Å². The lowest BCUT2D eigenvalue weighted by Crippen LogP contribution is -2.89. The molecule has 0 saturated carbocycles. The topological polar surface area (TPSA) is 16.6 Å². The molecular weight excluding hydrogens is 222 g/mol. The SMILES string of the molecule is Fc1ccc([NH2+][B-](Cl)(Cl)Cl)cc1. The highest BCUT2D eigenvalue weighted by Crippen LogP contribution is 2.12. The Bertz CT molecular complexity index is 258. The third-order valence-electron chi connectivity index (χ3n) is 1.25. The summed E-state index contributed by atoms with van der Waals surface area (Å²) in [6.45, 7) is 0. The van der Waals surface area contributed by atoms with E-state index in [4.69, 9.17) is 34.4 Å². The molecule has 1 aromatic rings. The average Bonchev–Trinajstić information content (AvgIpc) is 1.91. The van der Waals surface area contributed by atoms with Gasteiger partial charge in [0.1, 0.15) is 5.82 Å². The van der Waals surface area contributed by atoms with Gasteiger partial charge in [-0.05, 0) is 24.3 Å². The van der Waals surface area contributed by atoms with E-state index in [0.717, 1.165) is 0 Å². The minimum atomic E-state index is -2.02. The summed E-state index contributed by atoms with van der Waals surface area (Å²) in [6, 6.07) is 5.74. The number of rotatable bonds is 2. The second-order valence-corrected chi connectivity index (χ2v) is 5.08. The van der Waals surface area contributed by atoms with Crippen LogP contribution < -0.4 is 5.23 Å². The Morgan fingerprint density at radius 1 is 1.08 bits per heavy atom. The zero-order chi connectivity index (χ0) is 9.19. The van der Waals surface area contributed by atoms with Crippen molar-refractivity contribution in [1.82, 2.24) is 0 Å². The molecule has 0 aliphatic rings. The molecule has 1 aromatic carbocycles. The zero-order valence-electron chi connectivity index (χ0n) is 5.98. The first-order valence-electron chi connectivity index (χ1n) is 3.29. The van der Waals surface area contributed by atoms with Crippen molar-refractivity contribution >= 4 is 44.6 Å². The number of quaternary nitrogens is 1. The van der Waals surface area contributed by atoms with Gasteiger partial charge in [0.2, 0.25) is 0 Å². The molecule has 0 aliphatic heterocycles. The van der Waals surface area contributed by atoms with Crippen molar-refractivity contribution in [2.24, 2.45) is 0 Å². The van der Waals surface area contributed by atoms with Crippen LogP contribution in [0.1, 0.15) is 0 Å². The van der Waals surface area contributed by atoms with Crippen LogP contribution in [0.5, 0.6) is 0 Å². The van der Waals surface area contributed by atoms with Crippen LogP contribution in [0.15, 0.2) is 24.3 Å². The van der Waals surface area contributed by atoms with Gasteiger partial charge in [-0.15, -0.1) is 0 Å². The molecule has 6 heteroatoms. The summed E-state index contributed by atoms with van der Waals surface area (Å²) in [6.07, 6.45) is 0. The molecule has 1 nitrogen and oxygen atoms in total. The highest BCUT2D eigenvalue weighted by Gasteiger charge is 2.20. The van der Waals surface area contributed by atoms with Crippen molar-refractivity contribution in [3.05, 3.63) is 30.1 Å². The van der Waals surface area contributed by atoms with Gasteiger partial charge in [-0.2, -0.15) is 0 Å². The maximum atomic E-state index is 12.4. The van der Waals surface area contributed by atoms with Crippen LogP contribution in [0.4, 0.5) is 10.1 Å². The van der Waals surface area contributed by atoms with E-state index in [-0.39, 0.29) is 5.82 Å². The fourth-order valence-corrected chi connectivity index (χ4v) is 1.23. The molecule has 0 radical (unpaired) electrons. The molecule has 0 aliphatic carbocycles. The summed E-state index contributed by atoms with van der Waals surface area (Å²) in [5.74, 6) is -0.302. The Morgan fingerprint density at radius 3 is 2.00 bits per heavy atom. The lowest BCUT2D eigenvalue weighted by Gasteiger charge is -2.15. The summed E-state index contributed by atoms with van der Waals surface area (Å²) in [7, 11) is 0. The normalized spacial score (nSPS) is 11.7. The second kappa shape index (κ2) is 3.84. The quantitative estimate of drug-likeness (QED) is 0.590. The van der Waals surface area contributed by atoms with Crippen LogP contribution in [-0.2, 0) is 0 Å². The minimum absolute atomic E-state index is 0.302. The van der Waals surface area contributed by atoms with Crippen molar-refractivity contribution in [1.29, 1.82) is 0 Å². The van der Waals surface area contributed by atoms with E-state index in [1.54, 1.807) is 12.1 Å². The molecule has 0 fully saturated rings. The van der Waals surface area contributed by atoms with Gasteiger partial charge >= 0.3 is 4.53 Å². The number of halogens is 4. The second-order valence-electron chi connectivity index (χ2n) is 2.34. The van der Waals surface area contributed by atoms with Crippen LogP contribution in [0, 0.1) is 5.82 Å². The minimum Gasteiger partial charge on any atom is -0.462 e. The van der Waals surface area contributed by atoms with Gasteiger partial charge in [0.05, 0.1) is 5.69 Å². The van der Waals surface area contributed by atoms with Gasteiger partial charge in [-0.25, -0.2) is 4.39 Å². The fourth-order valence-electron chi connectivity index (χ4n) is 0.792. The number of hydrogen-bond donors (Lipinski definition) is 1. The third kappa shape index (κ3) is 3.63. The van der Waals surface area contributed by atoms with E-state index in [1.807, 2.05) is 0 Å². The van der Waals surface area contributed by atoms with E-state index in [9.17, 15) is 4.39 Å². The summed E-state index contributed by atoms with van der Waals surface area (Å²) in [5, 5.41) is 1.48. The average molecular weight is 228 g/mol. The van der Waals surface area contributed by atoms with Crippen LogP contribution in [-0.4, -0.2) is 4.53 Å². The smallest absolute Gasteiger partial charge is 0.462 e. The van der Waals surface area contributed by atoms with Crippen LogP contribution in [0.2, 0.25) is 0 Å². The predicted octanol–water partition coefficient (Wildman–Crippen LogP) is 2.17. The zero-order valence-corrected chi connectivity index (χ0v) is 8.24. The fraction of sp³-hybridized carbons (Fsp3) is 0. The van der Waals surface area contributed by atoms with E-state index in [2.05, 4.69) is 0 Å². The number of benzene rings is 1. The predicted molar refractivity (Wildman–Crippen MR) is 51.3 cm³/mol. The summed E-state index contributed by atoms with van der Waals surface area (Å²) >= 11 is 16.7. The maximum absolute atomic E-state index is 12.4. The van der Waals surface area contributed by atoms with Crippen LogP contribution in [0.25, 0.3) is 0 Å². The summed E-state index contributed by atoms with van der Waals surface area (Å²) in [5.41, 5.74) is 0.705. The van der Waals surface area contributed by atoms with Crippen molar-refractivity contribution in [2.75, 3.05) is 0 Å². The molecule has 0 bridgehead atoms. The molecule has 0 unspecified atom stereocenters. The molecule has 2 N–H and O–H groups in total. The third-order valence-corrected chi connectivity index (χ3v) is 1.63. The van der Waals surface area contributed by atoms with E-state index in [1.165, 1.54) is 17.4 Å². The van der Waals surface area contributed by atoms with E-state index < -0.39 is 4.53 Å². The summed E-state index contributed by atoms with van der Waals surface area (Å²) < 4.78 is 10.4. The molecule has 0 aromatic heterocycles. The van der Waals surface area contributed by atoms with Crippen molar-refractivity contribution in [3.63, 3.8) is 0 Å². The van der Waals surface area contributed by atoms with E-state index in [0.29, 0.717) is 5.69 Å². The van der Waals surface area contributed by atoms with Gasteiger partial charge in [0.25, 0.3) is 0 Å². The first-order chi connectivity index (χ1) is 5.47. The molecule has 66 valence electrons. The lowest BCUT2D eigenvalue weighted by atomic mass is 10.2. The number of nitrogens with two attached hydrogens (primary N) is 1. The van der Waals surface area contributed by atoms with Gasteiger partial charge in [0, 0.05) is 0 Å². The highest BCUT2D eigenvalue weighted by atomic mass is 35.6.